The predicted octanol–water partition coefficient (Wildman–Crippen LogP) is 0.880. The van der Waals surface area contributed by atoms with Gasteiger partial charge in [-0.3, -0.25) is 0 Å². The first-order valence-electron chi connectivity index (χ1n) is 5.41. The third kappa shape index (κ3) is 2.59. The number of nitrogens with one attached hydrogen (secondary N) is 1. The van der Waals surface area contributed by atoms with Crippen LogP contribution in [0.25, 0.3) is 0 Å². The second-order valence-electron chi connectivity index (χ2n) is 4.32. The van der Waals surface area contributed by atoms with Crippen molar-refractivity contribution < 1.29 is 4.84 Å². The van der Waals surface area contributed by atoms with Crippen molar-refractivity contribution in [2.45, 2.75) is 19.1 Å². The Hall–Kier alpha value is -1.39. The number of hydrogen-bond donors (Lipinski definition) is 2. The summed E-state index contributed by atoms with van der Waals surface area (Å²) in [6, 6.07) is 9.96. The van der Waals surface area contributed by atoms with Gasteiger partial charge in [0, 0.05) is 13.1 Å². The molecule has 1 aromatic rings. The molecule has 1 aromatic carbocycles. The molecule has 0 aromatic heterocycles. The van der Waals surface area contributed by atoms with Gasteiger partial charge in [-0.05, 0) is 12.5 Å². The summed E-state index contributed by atoms with van der Waals surface area (Å²) in [5.74, 6) is 0. The van der Waals surface area contributed by atoms with Crippen molar-refractivity contribution in [2.24, 2.45) is 10.9 Å². The van der Waals surface area contributed by atoms with Crippen molar-refractivity contribution >= 4 is 5.71 Å². The summed E-state index contributed by atoms with van der Waals surface area (Å²) < 4.78 is 0. The van der Waals surface area contributed by atoms with Crippen LogP contribution in [0.4, 0.5) is 0 Å². The van der Waals surface area contributed by atoms with Gasteiger partial charge in [0.25, 0.3) is 0 Å². The van der Waals surface area contributed by atoms with Crippen molar-refractivity contribution in [3.8, 4) is 0 Å². The van der Waals surface area contributed by atoms with E-state index < -0.39 is 0 Å². The Morgan fingerprint density at radius 2 is 2.19 bits per heavy atom. The zero-order valence-electron chi connectivity index (χ0n) is 9.44. The molecule has 2 rings (SSSR count). The van der Waals surface area contributed by atoms with Crippen LogP contribution in [0.15, 0.2) is 35.5 Å². The van der Waals surface area contributed by atoms with Gasteiger partial charge in [-0.25, -0.2) is 0 Å². The maximum atomic E-state index is 6.03. The van der Waals surface area contributed by atoms with Gasteiger partial charge in [-0.1, -0.05) is 35.5 Å². The van der Waals surface area contributed by atoms with E-state index in [9.17, 15) is 0 Å². The maximum Gasteiger partial charge on any atom is 0.142 e. The third-order valence-corrected chi connectivity index (χ3v) is 2.69. The normalized spacial score (nSPS) is 27.2. The van der Waals surface area contributed by atoms with Gasteiger partial charge >= 0.3 is 0 Å². The lowest BCUT2D eigenvalue weighted by atomic mass is 10.0. The first-order chi connectivity index (χ1) is 7.68. The summed E-state index contributed by atoms with van der Waals surface area (Å²) in [6.07, 6.45) is 0. The van der Waals surface area contributed by atoms with Crippen LogP contribution in [-0.4, -0.2) is 24.3 Å². The Kier molecular flexibility index (Phi) is 3.22. The molecule has 0 radical (unpaired) electrons. The topological polar surface area (TPSA) is 59.6 Å². The number of nitrogens with zero attached hydrogens (tertiary/aromatic N) is 1. The highest BCUT2D eigenvalue weighted by Crippen LogP contribution is 2.08. The Labute approximate surface area is 95.5 Å². The zero-order valence-corrected chi connectivity index (χ0v) is 9.44. The van der Waals surface area contributed by atoms with Crippen LogP contribution in [0.2, 0.25) is 0 Å². The molecule has 16 heavy (non-hydrogen) atoms. The molecular formula is C12H17N3O. The van der Waals surface area contributed by atoms with E-state index in [4.69, 9.17) is 10.6 Å². The standard InChI is InChI=1S/C12H17N3O/c1-12(13)9-14-7-11(12)15-16-8-10-5-3-2-4-6-10/h2-6,14H,7-9,13H2,1H3. The van der Waals surface area contributed by atoms with E-state index in [0.29, 0.717) is 13.2 Å². The van der Waals surface area contributed by atoms with Gasteiger partial charge in [0.2, 0.25) is 0 Å². The molecule has 0 bridgehead atoms. The van der Waals surface area contributed by atoms with Crippen molar-refractivity contribution in [1.82, 2.24) is 5.32 Å². The van der Waals surface area contributed by atoms with Crippen LogP contribution in [0, 0.1) is 0 Å². The molecule has 1 heterocycles. The largest absolute Gasteiger partial charge is 0.391 e. The van der Waals surface area contributed by atoms with Crippen LogP contribution >= 0.6 is 0 Å². The quantitative estimate of drug-likeness (QED) is 0.742. The van der Waals surface area contributed by atoms with Gasteiger partial charge < -0.3 is 15.9 Å². The number of benzene rings is 1. The second kappa shape index (κ2) is 4.63. The average Bonchev–Trinajstić information content (AvgIpc) is 2.60. The number of rotatable bonds is 3. The van der Waals surface area contributed by atoms with Crippen LogP contribution in [0.1, 0.15) is 12.5 Å². The molecule has 3 N–H and O–H groups in total. The summed E-state index contributed by atoms with van der Waals surface area (Å²) in [6.45, 7) is 3.90. The first-order valence-corrected chi connectivity index (χ1v) is 5.41. The van der Waals surface area contributed by atoms with E-state index in [1.807, 2.05) is 37.3 Å². The molecule has 0 aliphatic carbocycles. The lowest BCUT2D eigenvalue weighted by molar-refractivity contribution is 0.129. The van der Waals surface area contributed by atoms with Crippen molar-refractivity contribution in [2.75, 3.05) is 13.1 Å². The van der Waals surface area contributed by atoms with E-state index in [1.165, 1.54) is 0 Å². The molecule has 0 saturated carbocycles. The lowest BCUT2D eigenvalue weighted by Gasteiger charge is -2.16. The smallest absolute Gasteiger partial charge is 0.142 e. The molecule has 4 nitrogen and oxygen atoms in total. The number of hydrogen-bond acceptors (Lipinski definition) is 4. The maximum absolute atomic E-state index is 6.03. The Morgan fingerprint density at radius 3 is 2.81 bits per heavy atom. The summed E-state index contributed by atoms with van der Waals surface area (Å²) in [4.78, 5) is 5.31. The second-order valence-corrected chi connectivity index (χ2v) is 4.32. The molecular weight excluding hydrogens is 202 g/mol. The molecule has 0 spiro atoms. The lowest BCUT2D eigenvalue weighted by Crippen LogP contribution is -2.44. The molecule has 1 saturated heterocycles. The van der Waals surface area contributed by atoms with E-state index >= 15 is 0 Å². The molecule has 4 heteroatoms. The van der Waals surface area contributed by atoms with E-state index in [2.05, 4.69) is 10.5 Å². The van der Waals surface area contributed by atoms with Gasteiger partial charge in [0.05, 0.1) is 11.3 Å². The van der Waals surface area contributed by atoms with Gasteiger partial charge in [0.15, 0.2) is 0 Å². The molecule has 86 valence electrons. The fourth-order valence-corrected chi connectivity index (χ4v) is 1.64. The van der Waals surface area contributed by atoms with Gasteiger partial charge in [0.1, 0.15) is 6.61 Å². The first kappa shape index (κ1) is 11.1. The van der Waals surface area contributed by atoms with Crippen molar-refractivity contribution in [1.29, 1.82) is 0 Å². The number of nitrogens with two attached hydrogens (primary N) is 1. The summed E-state index contributed by atoms with van der Waals surface area (Å²) in [5, 5.41) is 7.28. The summed E-state index contributed by atoms with van der Waals surface area (Å²) in [5.41, 5.74) is 7.64. The molecule has 1 atom stereocenters. The molecule has 1 aliphatic rings. The highest BCUT2D eigenvalue weighted by molar-refractivity contribution is 5.96. The van der Waals surface area contributed by atoms with E-state index in [-0.39, 0.29) is 5.54 Å². The monoisotopic (exact) mass is 219 g/mol. The zero-order chi connectivity index (χ0) is 11.4. The minimum Gasteiger partial charge on any atom is -0.391 e. The van der Waals surface area contributed by atoms with E-state index in [1.54, 1.807) is 0 Å². The third-order valence-electron chi connectivity index (χ3n) is 2.69. The Balaban J connectivity index is 1.90. The molecule has 1 unspecified atom stereocenters. The highest BCUT2D eigenvalue weighted by Gasteiger charge is 2.31. The Morgan fingerprint density at radius 1 is 1.44 bits per heavy atom. The highest BCUT2D eigenvalue weighted by atomic mass is 16.6. The molecule has 1 aliphatic heterocycles. The SMILES string of the molecule is CC1(N)CNCC1=NOCc1ccccc1. The van der Waals surface area contributed by atoms with Crippen LogP contribution in [-0.2, 0) is 11.4 Å². The van der Waals surface area contributed by atoms with Crippen LogP contribution in [0.3, 0.4) is 0 Å². The van der Waals surface area contributed by atoms with Crippen LogP contribution < -0.4 is 11.1 Å². The van der Waals surface area contributed by atoms with Gasteiger partial charge in [-0.15, -0.1) is 0 Å². The van der Waals surface area contributed by atoms with E-state index in [0.717, 1.165) is 17.8 Å². The van der Waals surface area contributed by atoms with Gasteiger partial charge in [-0.2, -0.15) is 0 Å². The molecule has 1 fully saturated rings. The summed E-state index contributed by atoms with van der Waals surface area (Å²) >= 11 is 0. The van der Waals surface area contributed by atoms with Crippen LogP contribution in [0.5, 0.6) is 0 Å². The Bertz CT molecular complexity index is 373. The summed E-state index contributed by atoms with van der Waals surface area (Å²) in [7, 11) is 0. The minimum absolute atomic E-state index is 0.378. The predicted molar refractivity (Wildman–Crippen MR) is 64.1 cm³/mol. The fraction of sp³-hybridized carbons (Fsp3) is 0.417. The minimum atomic E-state index is -0.378. The molecule has 0 amide bonds. The van der Waals surface area contributed by atoms with Crippen molar-refractivity contribution in [3.63, 3.8) is 0 Å². The fourth-order valence-electron chi connectivity index (χ4n) is 1.64. The number of oxime groups is 1. The van der Waals surface area contributed by atoms with Crippen molar-refractivity contribution in [3.05, 3.63) is 35.9 Å². The average molecular weight is 219 g/mol.